The Morgan fingerprint density at radius 3 is 2.89 bits per heavy atom. The van der Waals surface area contributed by atoms with Crippen LogP contribution in [0, 0.1) is 0 Å². The molecule has 0 radical (unpaired) electrons. The van der Waals surface area contributed by atoms with Gasteiger partial charge in [-0.2, -0.15) is 15.1 Å². The molecule has 2 N–H and O–H groups in total. The largest absolute Gasteiger partial charge is 0.477 e. The van der Waals surface area contributed by atoms with Crippen LogP contribution in [0.1, 0.15) is 39.5 Å². The Balaban J connectivity index is 2.04. The normalized spacial score (nSPS) is 10.8. The molecule has 0 spiro atoms. The maximum Gasteiger partial charge on any atom is 0.229 e. The van der Waals surface area contributed by atoms with Gasteiger partial charge in [-0.25, -0.2) is 0 Å². The average Bonchev–Trinajstić information content (AvgIpc) is 2.87. The number of unbranched alkanes of at least 4 members (excludes halogenated alkanes) is 3. The van der Waals surface area contributed by atoms with E-state index in [0.717, 1.165) is 18.4 Å². The summed E-state index contributed by atoms with van der Waals surface area (Å²) in [6, 6.07) is 0. The highest BCUT2D eigenvalue weighted by Gasteiger charge is 2.10. The molecule has 0 bridgehead atoms. The molecule has 0 aromatic carbocycles. The Labute approximate surface area is 113 Å². The summed E-state index contributed by atoms with van der Waals surface area (Å²) in [5.74, 6) is 1.18. The predicted octanol–water partition coefficient (Wildman–Crippen LogP) is 2.74. The maximum atomic E-state index is 5.76. The zero-order valence-electron chi connectivity index (χ0n) is 11.6. The summed E-state index contributed by atoms with van der Waals surface area (Å²) in [5, 5.41) is 10.8. The first-order chi connectivity index (χ1) is 9.35. The molecule has 0 aliphatic carbocycles. The standard InChI is InChI=1S/C13H21N5O/c1-3-5-6-7-8-19-12-10-9-15-18-11(10)16-13(17-12)14-4-2/h9H,3-8H2,1-2H3,(H2,14,15,16,17,18). The monoisotopic (exact) mass is 263 g/mol. The van der Waals surface area contributed by atoms with E-state index in [1.54, 1.807) is 6.20 Å². The molecule has 0 amide bonds. The predicted molar refractivity (Wildman–Crippen MR) is 75.5 cm³/mol. The van der Waals surface area contributed by atoms with Gasteiger partial charge in [-0.1, -0.05) is 26.2 Å². The van der Waals surface area contributed by atoms with Gasteiger partial charge in [-0.05, 0) is 13.3 Å². The molecule has 0 saturated carbocycles. The van der Waals surface area contributed by atoms with Crippen LogP contribution in [0.15, 0.2) is 6.20 Å². The van der Waals surface area contributed by atoms with Crippen molar-refractivity contribution in [3.63, 3.8) is 0 Å². The minimum Gasteiger partial charge on any atom is -0.477 e. The van der Waals surface area contributed by atoms with Gasteiger partial charge < -0.3 is 10.1 Å². The van der Waals surface area contributed by atoms with Crippen molar-refractivity contribution in [1.82, 2.24) is 20.2 Å². The van der Waals surface area contributed by atoms with Gasteiger partial charge in [0.2, 0.25) is 11.8 Å². The quantitative estimate of drug-likeness (QED) is 0.716. The van der Waals surface area contributed by atoms with E-state index in [1.165, 1.54) is 19.3 Å². The van der Waals surface area contributed by atoms with E-state index in [9.17, 15) is 0 Å². The minimum absolute atomic E-state index is 0.572. The number of hydrogen-bond acceptors (Lipinski definition) is 5. The number of rotatable bonds is 8. The van der Waals surface area contributed by atoms with Gasteiger partial charge in [0.25, 0.3) is 0 Å². The summed E-state index contributed by atoms with van der Waals surface area (Å²) in [7, 11) is 0. The van der Waals surface area contributed by atoms with Crippen molar-refractivity contribution >= 4 is 17.0 Å². The smallest absolute Gasteiger partial charge is 0.229 e. The van der Waals surface area contributed by atoms with Gasteiger partial charge in [-0.15, -0.1) is 0 Å². The molecule has 0 unspecified atom stereocenters. The number of aromatic amines is 1. The van der Waals surface area contributed by atoms with Crippen molar-refractivity contribution in [2.45, 2.75) is 39.5 Å². The molecular weight excluding hydrogens is 242 g/mol. The number of ether oxygens (including phenoxy) is 1. The average molecular weight is 263 g/mol. The molecule has 0 saturated heterocycles. The third-order valence-corrected chi connectivity index (χ3v) is 2.85. The SMILES string of the molecule is CCCCCCOc1nc(NCC)nc2[nH]ncc12. The highest BCUT2D eigenvalue weighted by atomic mass is 16.5. The van der Waals surface area contributed by atoms with Crippen LogP contribution in [-0.4, -0.2) is 33.3 Å². The Kier molecular flexibility index (Phi) is 4.94. The Morgan fingerprint density at radius 2 is 2.11 bits per heavy atom. The summed E-state index contributed by atoms with van der Waals surface area (Å²) >= 11 is 0. The second-order valence-electron chi connectivity index (χ2n) is 4.42. The number of nitrogens with zero attached hydrogens (tertiary/aromatic N) is 3. The molecule has 2 aromatic heterocycles. The minimum atomic E-state index is 0.572. The fraction of sp³-hybridized carbons (Fsp3) is 0.615. The van der Waals surface area contributed by atoms with Gasteiger partial charge in [0.1, 0.15) is 5.39 Å². The van der Waals surface area contributed by atoms with Crippen LogP contribution in [0.3, 0.4) is 0 Å². The van der Waals surface area contributed by atoms with E-state index in [1.807, 2.05) is 6.92 Å². The molecule has 2 rings (SSSR count). The summed E-state index contributed by atoms with van der Waals surface area (Å²) in [4.78, 5) is 8.70. The topological polar surface area (TPSA) is 75.7 Å². The second kappa shape index (κ2) is 6.92. The molecule has 6 heteroatoms. The molecule has 0 aliphatic rings. The van der Waals surface area contributed by atoms with Crippen molar-refractivity contribution in [1.29, 1.82) is 0 Å². The second-order valence-corrected chi connectivity index (χ2v) is 4.42. The Morgan fingerprint density at radius 1 is 1.21 bits per heavy atom. The Hall–Kier alpha value is -1.85. The van der Waals surface area contributed by atoms with E-state index in [2.05, 4.69) is 32.4 Å². The number of nitrogens with one attached hydrogen (secondary N) is 2. The third kappa shape index (κ3) is 3.56. The van der Waals surface area contributed by atoms with Crippen LogP contribution in [0.2, 0.25) is 0 Å². The molecule has 0 aliphatic heterocycles. The van der Waals surface area contributed by atoms with Gasteiger partial charge in [-0.3, -0.25) is 5.10 Å². The summed E-state index contributed by atoms with van der Waals surface area (Å²) in [6.07, 6.45) is 6.41. The van der Waals surface area contributed by atoms with Crippen molar-refractivity contribution in [2.75, 3.05) is 18.5 Å². The van der Waals surface area contributed by atoms with Crippen LogP contribution >= 0.6 is 0 Å². The Bertz CT molecular complexity index is 511. The third-order valence-electron chi connectivity index (χ3n) is 2.85. The summed E-state index contributed by atoms with van der Waals surface area (Å²) in [6.45, 7) is 5.66. The lowest BCUT2D eigenvalue weighted by Gasteiger charge is -2.08. The van der Waals surface area contributed by atoms with E-state index in [-0.39, 0.29) is 0 Å². The summed E-state index contributed by atoms with van der Waals surface area (Å²) in [5.41, 5.74) is 0.703. The van der Waals surface area contributed by atoms with E-state index in [0.29, 0.717) is 24.1 Å². The molecule has 2 aromatic rings. The van der Waals surface area contributed by atoms with E-state index >= 15 is 0 Å². The van der Waals surface area contributed by atoms with Crippen molar-refractivity contribution < 1.29 is 4.74 Å². The number of hydrogen-bond donors (Lipinski definition) is 2. The fourth-order valence-electron chi connectivity index (χ4n) is 1.85. The lowest BCUT2D eigenvalue weighted by atomic mass is 10.2. The van der Waals surface area contributed by atoms with Gasteiger partial charge in [0.15, 0.2) is 5.65 Å². The van der Waals surface area contributed by atoms with Crippen LogP contribution in [0.25, 0.3) is 11.0 Å². The van der Waals surface area contributed by atoms with Crippen LogP contribution in [-0.2, 0) is 0 Å². The van der Waals surface area contributed by atoms with Gasteiger partial charge in [0.05, 0.1) is 12.8 Å². The highest BCUT2D eigenvalue weighted by molar-refractivity contribution is 5.80. The van der Waals surface area contributed by atoms with Gasteiger partial charge in [0, 0.05) is 6.54 Å². The summed E-state index contributed by atoms with van der Waals surface area (Å²) < 4.78 is 5.76. The number of H-pyrrole nitrogens is 1. The van der Waals surface area contributed by atoms with Crippen molar-refractivity contribution in [3.8, 4) is 5.88 Å². The van der Waals surface area contributed by atoms with E-state index < -0.39 is 0 Å². The molecule has 0 atom stereocenters. The first-order valence-electron chi connectivity index (χ1n) is 6.93. The van der Waals surface area contributed by atoms with Crippen LogP contribution < -0.4 is 10.1 Å². The first-order valence-corrected chi connectivity index (χ1v) is 6.93. The van der Waals surface area contributed by atoms with Gasteiger partial charge >= 0.3 is 0 Å². The lowest BCUT2D eigenvalue weighted by molar-refractivity contribution is 0.297. The van der Waals surface area contributed by atoms with Crippen molar-refractivity contribution in [3.05, 3.63) is 6.20 Å². The van der Waals surface area contributed by atoms with Crippen LogP contribution in [0.4, 0.5) is 5.95 Å². The lowest BCUT2D eigenvalue weighted by Crippen LogP contribution is -2.05. The zero-order chi connectivity index (χ0) is 13.5. The molecule has 104 valence electrons. The molecular formula is C13H21N5O. The number of fused-ring (bicyclic) bond motifs is 1. The number of anilines is 1. The maximum absolute atomic E-state index is 5.76. The van der Waals surface area contributed by atoms with Crippen molar-refractivity contribution in [2.24, 2.45) is 0 Å². The van der Waals surface area contributed by atoms with Crippen LogP contribution in [0.5, 0.6) is 5.88 Å². The molecule has 19 heavy (non-hydrogen) atoms. The highest BCUT2D eigenvalue weighted by Crippen LogP contribution is 2.22. The molecule has 6 nitrogen and oxygen atoms in total. The number of aromatic nitrogens is 4. The molecule has 2 heterocycles. The van der Waals surface area contributed by atoms with E-state index in [4.69, 9.17) is 4.74 Å². The fourth-order valence-corrected chi connectivity index (χ4v) is 1.85. The first kappa shape index (κ1) is 13.6. The molecule has 0 fully saturated rings. The zero-order valence-corrected chi connectivity index (χ0v) is 11.6.